The number of carbonyl (C=O) groups excluding carboxylic acids is 1. The molecule has 0 spiro atoms. The first-order valence-corrected chi connectivity index (χ1v) is 6.51. The van der Waals surface area contributed by atoms with Crippen LogP contribution >= 0.6 is 11.6 Å². The van der Waals surface area contributed by atoms with E-state index in [0.29, 0.717) is 18.3 Å². The van der Waals surface area contributed by atoms with Crippen molar-refractivity contribution < 1.29 is 13.6 Å². The molecule has 0 saturated carbocycles. The van der Waals surface area contributed by atoms with Gasteiger partial charge >= 0.3 is 0 Å². The van der Waals surface area contributed by atoms with Gasteiger partial charge in [-0.2, -0.15) is 5.10 Å². The number of amides is 1. The first kappa shape index (κ1) is 15.2. The molecule has 1 aromatic heterocycles. The number of benzene rings is 1. The number of anilines is 2. The van der Waals surface area contributed by atoms with Gasteiger partial charge in [-0.1, -0.05) is 11.6 Å². The lowest BCUT2D eigenvalue weighted by molar-refractivity contribution is 0.101. The van der Waals surface area contributed by atoms with E-state index in [4.69, 9.17) is 17.3 Å². The Morgan fingerprint density at radius 1 is 1.48 bits per heavy atom. The molecule has 1 amide bonds. The van der Waals surface area contributed by atoms with Crippen LogP contribution in [0.15, 0.2) is 12.1 Å². The van der Waals surface area contributed by atoms with Crippen LogP contribution in [0.4, 0.5) is 20.2 Å². The van der Waals surface area contributed by atoms with Gasteiger partial charge in [-0.3, -0.25) is 9.48 Å². The van der Waals surface area contributed by atoms with E-state index in [-0.39, 0.29) is 22.1 Å². The van der Waals surface area contributed by atoms with Gasteiger partial charge in [-0.05, 0) is 19.9 Å². The number of aromatic nitrogens is 2. The van der Waals surface area contributed by atoms with Crippen molar-refractivity contribution in [2.45, 2.75) is 20.4 Å². The maximum Gasteiger partial charge on any atom is 0.276 e. The summed E-state index contributed by atoms with van der Waals surface area (Å²) in [4.78, 5) is 12.2. The van der Waals surface area contributed by atoms with Crippen LogP contribution < -0.4 is 11.1 Å². The van der Waals surface area contributed by atoms with Gasteiger partial charge in [0, 0.05) is 12.6 Å². The molecule has 0 radical (unpaired) electrons. The number of nitrogens with zero attached hydrogens (tertiary/aromatic N) is 2. The molecule has 2 rings (SSSR count). The van der Waals surface area contributed by atoms with Gasteiger partial charge in [-0.15, -0.1) is 0 Å². The highest BCUT2D eigenvalue weighted by Gasteiger charge is 2.21. The Balaban J connectivity index is 2.40. The number of rotatable bonds is 3. The molecule has 0 aliphatic heterocycles. The minimum absolute atomic E-state index is 0.106. The minimum atomic E-state index is -0.966. The van der Waals surface area contributed by atoms with E-state index < -0.39 is 17.5 Å². The van der Waals surface area contributed by atoms with Crippen molar-refractivity contribution in [3.05, 3.63) is 40.2 Å². The smallest absolute Gasteiger partial charge is 0.276 e. The van der Waals surface area contributed by atoms with Crippen molar-refractivity contribution in [3.8, 4) is 0 Å². The summed E-state index contributed by atoms with van der Waals surface area (Å²) >= 11 is 5.74. The molecule has 3 N–H and O–H groups in total. The fraction of sp³-hybridized carbons (Fsp3) is 0.231. The van der Waals surface area contributed by atoms with E-state index in [1.54, 1.807) is 13.8 Å². The third-order valence-corrected chi connectivity index (χ3v) is 3.23. The fourth-order valence-corrected chi connectivity index (χ4v) is 2.14. The molecule has 0 saturated heterocycles. The SMILES string of the molecule is CCn1nc(C)c(N)c1C(=O)Nc1c(F)cc(F)cc1Cl. The van der Waals surface area contributed by atoms with Crippen LogP contribution in [0.1, 0.15) is 23.1 Å². The predicted octanol–water partition coefficient (Wildman–Crippen LogP) is 2.98. The molecule has 0 bridgehead atoms. The highest BCUT2D eigenvalue weighted by atomic mass is 35.5. The van der Waals surface area contributed by atoms with Crippen LogP contribution in [0.3, 0.4) is 0 Å². The second-order valence-electron chi connectivity index (χ2n) is 4.36. The number of nitrogen functional groups attached to an aromatic ring is 1. The van der Waals surface area contributed by atoms with Crippen molar-refractivity contribution >= 4 is 28.9 Å². The summed E-state index contributed by atoms with van der Waals surface area (Å²) in [5.74, 6) is -2.46. The molecule has 0 atom stereocenters. The quantitative estimate of drug-likeness (QED) is 0.914. The number of nitrogens with two attached hydrogens (primary N) is 1. The van der Waals surface area contributed by atoms with Crippen LogP contribution in [0.25, 0.3) is 0 Å². The summed E-state index contributed by atoms with van der Waals surface area (Å²) < 4.78 is 28.1. The summed E-state index contributed by atoms with van der Waals surface area (Å²) in [6, 6.07) is 1.54. The van der Waals surface area contributed by atoms with Crippen LogP contribution in [0, 0.1) is 18.6 Å². The summed E-state index contributed by atoms with van der Waals surface area (Å²) in [6.07, 6.45) is 0. The van der Waals surface area contributed by atoms with E-state index >= 15 is 0 Å². The molecule has 1 aromatic carbocycles. The molecule has 0 aliphatic carbocycles. The monoisotopic (exact) mass is 314 g/mol. The zero-order valence-electron chi connectivity index (χ0n) is 11.4. The highest BCUT2D eigenvalue weighted by molar-refractivity contribution is 6.34. The topological polar surface area (TPSA) is 72.9 Å². The van der Waals surface area contributed by atoms with E-state index in [0.717, 1.165) is 6.07 Å². The molecular weight excluding hydrogens is 302 g/mol. The third kappa shape index (κ3) is 2.82. The van der Waals surface area contributed by atoms with Crippen LogP contribution in [0.5, 0.6) is 0 Å². The van der Waals surface area contributed by atoms with Crippen molar-refractivity contribution in [2.75, 3.05) is 11.1 Å². The van der Waals surface area contributed by atoms with Gasteiger partial charge in [-0.25, -0.2) is 8.78 Å². The summed E-state index contributed by atoms with van der Waals surface area (Å²) in [6.45, 7) is 3.86. The number of hydrogen-bond donors (Lipinski definition) is 2. The maximum absolute atomic E-state index is 13.7. The van der Waals surface area contributed by atoms with E-state index in [2.05, 4.69) is 10.4 Å². The Kier molecular flexibility index (Phi) is 4.13. The lowest BCUT2D eigenvalue weighted by Crippen LogP contribution is -2.19. The summed E-state index contributed by atoms with van der Waals surface area (Å²) in [5.41, 5.74) is 6.30. The standard InChI is InChI=1S/C13H13ClF2N4O/c1-3-20-12(10(17)6(2)19-20)13(21)18-11-8(14)4-7(15)5-9(11)16/h4-5H,3,17H2,1-2H3,(H,18,21). The van der Waals surface area contributed by atoms with Gasteiger partial charge in [0.25, 0.3) is 5.91 Å². The second-order valence-corrected chi connectivity index (χ2v) is 4.77. The van der Waals surface area contributed by atoms with Gasteiger partial charge in [0.1, 0.15) is 11.5 Å². The van der Waals surface area contributed by atoms with Gasteiger partial charge in [0.2, 0.25) is 0 Å². The number of hydrogen-bond acceptors (Lipinski definition) is 3. The predicted molar refractivity (Wildman–Crippen MR) is 76.4 cm³/mol. The second kappa shape index (κ2) is 5.69. The van der Waals surface area contributed by atoms with Crippen molar-refractivity contribution in [2.24, 2.45) is 0 Å². The van der Waals surface area contributed by atoms with Crippen molar-refractivity contribution in [1.82, 2.24) is 9.78 Å². The molecule has 2 aromatic rings. The average Bonchev–Trinajstić information content (AvgIpc) is 2.69. The largest absolute Gasteiger partial charge is 0.395 e. The zero-order chi connectivity index (χ0) is 15.7. The lowest BCUT2D eigenvalue weighted by Gasteiger charge is -2.10. The third-order valence-electron chi connectivity index (χ3n) is 2.93. The molecule has 0 aliphatic rings. The van der Waals surface area contributed by atoms with Gasteiger partial charge < -0.3 is 11.1 Å². The van der Waals surface area contributed by atoms with E-state index in [1.165, 1.54) is 4.68 Å². The van der Waals surface area contributed by atoms with Crippen LogP contribution in [-0.2, 0) is 6.54 Å². The summed E-state index contributed by atoms with van der Waals surface area (Å²) in [7, 11) is 0. The van der Waals surface area contributed by atoms with E-state index in [1.807, 2.05) is 0 Å². The zero-order valence-corrected chi connectivity index (χ0v) is 12.1. The van der Waals surface area contributed by atoms with Crippen molar-refractivity contribution in [1.29, 1.82) is 0 Å². The molecule has 21 heavy (non-hydrogen) atoms. The van der Waals surface area contributed by atoms with E-state index in [9.17, 15) is 13.6 Å². The number of nitrogens with one attached hydrogen (secondary N) is 1. The highest BCUT2D eigenvalue weighted by Crippen LogP contribution is 2.27. The molecule has 1 heterocycles. The lowest BCUT2D eigenvalue weighted by atomic mass is 10.2. The number of halogens is 3. The molecule has 8 heteroatoms. The molecule has 112 valence electrons. The molecule has 0 unspecified atom stereocenters. The Morgan fingerprint density at radius 2 is 2.14 bits per heavy atom. The molecular formula is C13H13ClF2N4O. The minimum Gasteiger partial charge on any atom is -0.395 e. The van der Waals surface area contributed by atoms with Crippen LogP contribution in [-0.4, -0.2) is 15.7 Å². The normalized spacial score (nSPS) is 10.7. The summed E-state index contributed by atoms with van der Waals surface area (Å²) in [5, 5.41) is 6.15. The Hall–Kier alpha value is -2.15. The van der Waals surface area contributed by atoms with Crippen molar-refractivity contribution in [3.63, 3.8) is 0 Å². The first-order valence-electron chi connectivity index (χ1n) is 6.13. The first-order chi connectivity index (χ1) is 9.85. The Labute approximate surface area is 124 Å². The molecule has 0 fully saturated rings. The maximum atomic E-state index is 13.7. The van der Waals surface area contributed by atoms with Crippen LogP contribution in [0.2, 0.25) is 5.02 Å². The van der Waals surface area contributed by atoms with Gasteiger partial charge in [0.05, 0.1) is 22.1 Å². The number of aryl methyl sites for hydroxylation is 2. The van der Waals surface area contributed by atoms with Gasteiger partial charge in [0.15, 0.2) is 5.82 Å². The Morgan fingerprint density at radius 3 is 2.71 bits per heavy atom. The number of carbonyl (C=O) groups is 1. The fourth-order valence-electron chi connectivity index (χ4n) is 1.90. The molecule has 5 nitrogen and oxygen atoms in total. The Bertz CT molecular complexity index is 691. The average molecular weight is 315 g/mol.